The summed E-state index contributed by atoms with van der Waals surface area (Å²) in [6.45, 7) is 9.89. The molecule has 2 aromatic carbocycles. The van der Waals surface area contributed by atoms with Crippen LogP contribution >= 0.6 is 0 Å². The number of aryl methyl sites for hydroxylation is 1. The van der Waals surface area contributed by atoms with E-state index in [9.17, 15) is 14.4 Å². The Bertz CT molecular complexity index is 1270. The lowest BCUT2D eigenvalue weighted by atomic mass is 10.0. The van der Waals surface area contributed by atoms with Gasteiger partial charge in [0.05, 0.1) is 19.8 Å². The van der Waals surface area contributed by atoms with Crippen LogP contribution in [0.5, 0.6) is 0 Å². The highest BCUT2D eigenvalue weighted by Gasteiger charge is 2.45. The Hall–Kier alpha value is -3.91. The summed E-state index contributed by atoms with van der Waals surface area (Å²) in [5.41, 5.74) is 1.16. The summed E-state index contributed by atoms with van der Waals surface area (Å²) >= 11 is 0. The largest absolute Gasteiger partial charge is 0.465 e. The molecule has 0 N–H and O–H groups in total. The number of nitrogens with zero attached hydrogens (tertiary/aromatic N) is 1. The van der Waals surface area contributed by atoms with E-state index < -0.39 is 23.3 Å². The Balaban J connectivity index is 1.54. The Morgan fingerprint density at radius 2 is 1.67 bits per heavy atom. The smallest absolute Gasteiger partial charge is 0.412 e. The molecule has 0 radical (unpaired) electrons. The molecule has 8 nitrogen and oxygen atoms in total. The minimum atomic E-state index is -0.748. The first-order valence-corrected chi connectivity index (χ1v) is 14.3. The van der Waals surface area contributed by atoms with E-state index in [0.717, 1.165) is 36.8 Å². The Morgan fingerprint density at radius 1 is 0.976 bits per heavy atom. The fourth-order valence-corrected chi connectivity index (χ4v) is 4.67. The predicted molar refractivity (Wildman–Crippen MR) is 161 cm³/mol. The van der Waals surface area contributed by atoms with Crippen molar-refractivity contribution >= 4 is 24.1 Å². The first kappa shape index (κ1) is 32.6. The molecule has 1 aliphatic rings. The highest BCUT2D eigenvalue weighted by molar-refractivity contribution is 6.17. The summed E-state index contributed by atoms with van der Waals surface area (Å²) in [4.78, 5) is 39.6. The minimum absolute atomic E-state index is 0.0497. The van der Waals surface area contributed by atoms with Crippen LogP contribution in [-0.2, 0) is 41.6 Å². The second kappa shape index (κ2) is 14.8. The van der Waals surface area contributed by atoms with E-state index in [4.69, 9.17) is 18.9 Å². The second-order valence-electron chi connectivity index (χ2n) is 11.7. The first-order chi connectivity index (χ1) is 19.9. The van der Waals surface area contributed by atoms with Crippen LogP contribution in [0, 0.1) is 0 Å². The van der Waals surface area contributed by atoms with E-state index in [1.54, 1.807) is 4.90 Å². The molecular formula is C34H43NO7. The average Bonchev–Trinajstić information content (AvgIpc) is 3.25. The van der Waals surface area contributed by atoms with Crippen molar-refractivity contribution in [2.24, 2.45) is 0 Å². The number of ether oxygens (including phenoxy) is 4. The lowest BCUT2D eigenvalue weighted by Crippen LogP contribution is -2.49. The molecule has 226 valence electrons. The SMILES string of the molecule is COC(=O)/C(=C/c1cccc(CC/C=C/CC[C@H]2COC(C)(C)N2C(=O)OC(C)(C)C)c1)C(=O)OCc1ccccc1. The van der Waals surface area contributed by atoms with Gasteiger partial charge in [-0.2, -0.15) is 0 Å². The van der Waals surface area contributed by atoms with Crippen molar-refractivity contribution < 1.29 is 33.3 Å². The topological polar surface area (TPSA) is 91.4 Å². The van der Waals surface area contributed by atoms with Gasteiger partial charge in [0.1, 0.15) is 23.5 Å². The van der Waals surface area contributed by atoms with Crippen molar-refractivity contribution in [3.8, 4) is 0 Å². The van der Waals surface area contributed by atoms with Crippen LogP contribution in [0.25, 0.3) is 6.08 Å². The summed E-state index contributed by atoms with van der Waals surface area (Å²) in [6, 6.07) is 16.9. The molecule has 0 saturated carbocycles. The predicted octanol–water partition coefficient (Wildman–Crippen LogP) is 6.63. The molecule has 0 spiro atoms. The van der Waals surface area contributed by atoms with E-state index in [0.29, 0.717) is 12.2 Å². The monoisotopic (exact) mass is 577 g/mol. The van der Waals surface area contributed by atoms with Crippen molar-refractivity contribution in [1.82, 2.24) is 4.90 Å². The summed E-state index contributed by atoms with van der Waals surface area (Å²) in [5.74, 6) is -1.48. The van der Waals surface area contributed by atoms with Gasteiger partial charge in [-0.05, 0) is 83.1 Å². The molecule has 0 aliphatic carbocycles. The maximum absolute atomic E-state index is 12.8. The van der Waals surface area contributed by atoms with E-state index in [1.165, 1.54) is 13.2 Å². The molecular weight excluding hydrogens is 534 g/mol. The molecule has 1 amide bonds. The van der Waals surface area contributed by atoms with Gasteiger partial charge in [-0.15, -0.1) is 0 Å². The Morgan fingerprint density at radius 3 is 2.36 bits per heavy atom. The normalized spacial score (nSPS) is 16.9. The van der Waals surface area contributed by atoms with Crippen LogP contribution in [0.3, 0.4) is 0 Å². The van der Waals surface area contributed by atoms with Crippen LogP contribution in [0.15, 0.2) is 72.3 Å². The van der Waals surface area contributed by atoms with E-state index in [-0.39, 0.29) is 24.3 Å². The summed E-state index contributed by atoms with van der Waals surface area (Å²) in [5, 5.41) is 0. The van der Waals surface area contributed by atoms with Crippen LogP contribution in [0.4, 0.5) is 4.79 Å². The number of carbonyl (C=O) groups is 3. The van der Waals surface area contributed by atoms with Gasteiger partial charge in [0, 0.05) is 0 Å². The molecule has 0 aromatic heterocycles. The lowest BCUT2D eigenvalue weighted by molar-refractivity contribution is -0.146. The van der Waals surface area contributed by atoms with Crippen LogP contribution in [0.1, 0.15) is 70.6 Å². The van der Waals surface area contributed by atoms with Gasteiger partial charge in [0.15, 0.2) is 0 Å². The van der Waals surface area contributed by atoms with Gasteiger partial charge in [-0.1, -0.05) is 66.7 Å². The summed E-state index contributed by atoms with van der Waals surface area (Å²) in [6.07, 6.45) is 8.58. The zero-order valence-corrected chi connectivity index (χ0v) is 25.6. The van der Waals surface area contributed by atoms with E-state index >= 15 is 0 Å². The average molecular weight is 578 g/mol. The van der Waals surface area contributed by atoms with Gasteiger partial charge < -0.3 is 18.9 Å². The minimum Gasteiger partial charge on any atom is -0.465 e. The number of esters is 2. The molecule has 0 unspecified atom stereocenters. The Labute approximate surface area is 249 Å². The van der Waals surface area contributed by atoms with Gasteiger partial charge in [0.25, 0.3) is 0 Å². The van der Waals surface area contributed by atoms with E-state index in [1.807, 2.05) is 89.2 Å². The number of benzene rings is 2. The molecule has 1 atom stereocenters. The zero-order chi connectivity index (χ0) is 30.8. The molecule has 2 aromatic rings. The van der Waals surface area contributed by atoms with Crippen LogP contribution in [0.2, 0.25) is 0 Å². The number of hydrogen-bond acceptors (Lipinski definition) is 7. The quantitative estimate of drug-likeness (QED) is 0.0740. The lowest BCUT2D eigenvalue weighted by Gasteiger charge is -2.35. The standard InChI is InChI=1S/C34H43NO7/c1-33(2,3)42-32(38)35-28(24-41-34(35,4)5)20-13-8-7-10-15-25-18-14-19-27(21-25)22-29(30(36)39-6)31(37)40-23-26-16-11-9-12-17-26/h7-9,11-12,14,16-19,21-22,28H,10,13,15,20,23-24H2,1-6H3/b8-7+,29-22-/t28-/m0/s1. The molecule has 1 fully saturated rings. The van der Waals surface area contributed by atoms with Crippen molar-refractivity contribution in [3.05, 3.63) is 89.0 Å². The highest BCUT2D eigenvalue weighted by Crippen LogP contribution is 2.31. The molecule has 8 heteroatoms. The van der Waals surface area contributed by atoms with Gasteiger partial charge in [-0.25, -0.2) is 14.4 Å². The third-order valence-electron chi connectivity index (χ3n) is 6.70. The number of hydrogen-bond donors (Lipinski definition) is 0. The second-order valence-corrected chi connectivity index (χ2v) is 11.7. The molecule has 1 heterocycles. The number of methoxy groups -OCH3 is 1. The molecule has 42 heavy (non-hydrogen) atoms. The number of allylic oxidation sites excluding steroid dienone is 2. The molecule has 1 aliphatic heterocycles. The maximum atomic E-state index is 12.8. The fourth-order valence-electron chi connectivity index (χ4n) is 4.67. The van der Waals surface area contributed by atoms with Crippen molar-refractivity contribution in [1.29, 1.82) is 0 Å². The molecule has 0 bridgehead atoms. The number of carbonyl (C=O) groups excluding carboxylic acids is 3. The highest BCUT2D eigenvalue weighted by atomic mass is 16.6. The fraction of sp³-hybridized carbons (Fsp3) is 0.441. The van der Waals surface area contributed by atoms with Crippen LogP contribution < -0.4 is 0 Å². The maximum Gasteiger partial charge on any atom is 0.412 e. The third-order valence-corrected chi connectivity index (χ3v) is 6.70. The van der Waals surface area contributed by atoms with Crippen molar-refractivity contribution in [3.63, 3.8) is 0 Å². The molecule has 3 rings (SSSR count). The van der Waals surface area contributed by atoms with Gasteiger partial charge in [0.2, 0.25) is 0 Å². The third kappa shape index (κ3) is 9.87. The van der Waals surface area contributed by atoms with Gasteiger partial charge >= 0.3 is 18.0 Å². The number of rotatable bonds is 11. The van der Waals surface area contributed by atoms with E-state index in [2.05, 4.69) is 12.2 Å². The summed E-state index contributed by atoms with van der Waals surface area (Å²) < 4.78 is 21.7. The zero-order valence-electron chi connectivity index (χ0n) is 25.6. The van der Waals surface area contributed by atoms with Crippen LogP contribution in [-0.4, -0.2) is 54.0 Å². The Kier molecular flexibility index (Phi) is 11.5. The number of amides is 1. The van der Waals surface area contributed by atoms with Crippen molar-refractivity contribution in [2.75, 3.05) is 13.7 Å². The first-order valence-electron chi connectivity index (χ1n) is 14.3. The summed E-state index contributed by atoms with van der Waals surface area (Å²) in [7, 11) is 1.24. The van der Waals surface area contributed by atoms with Gasteiger partial charge in [-0.3, -0.25) is 4.90 Å². The van der Waals surface area contributed by atoms with Crippen molar-refractivity contribution in [2.45, 2.75) is 84.3 Å². The molecule has 1 saturated heterocycles.